The summed E-state index contributed by atoms with van der Waals surface area (Å²) in [4.78, 5) is 8.84. The molecule has 128 valence electrons. The van der Waals surface area contributed by atoms with Crippen LogP contribution in [0.5, 0.6) is 5.75 Å². The summed E-state index contributed by atoms with van der Waals surface area (Å²) in [6.07, 6.45) is 5.04. The molecule has 1 aliphatic rings. The zero-order chi connectivity index (χ0) is 17.2. The van der Waals surface area contributed by atoms with E-state index in [2.05, 4.69) is 34.1 Å². The van der Waals surface area contributed by atoms with E-state index in [4.69, 9.17) is 4.74 Å². The van der Waals surface area contributed by atoms with Crippen LogP contribution in [0.4, 0.5) is 0 Å². The Morgan fingerprint density at radius 1 is 1.20 bits per heavy atom. The molecule has 0 spiro atoms. The minimum Gasteiger partial charge on any atom is -0.497 e. The number of hydrogen-bond donors (Lipinski definition) is 0. The molecule has 0 N–H and O–H groups in total. The molecule has 25 heavy (non-hydrogen) atoms. The van der Waals surface area contributed by atoms with Gasteiger partial charge in [-0.25, -0.2) is 14.6 Å². The van der Waals surface area contributed by atoms with Gasteiger partial charge in [-0.2, -0.15) is 5.10 Å². The lowest BCUT2D eigenvalue weighted by Crippen LogP contribution is -2.04. The summed E-state index contributed by atoms with van der Waals surface area (Å²) >= 11 is 1.69. The van der Waals surface area contributed by atoms with Crippen LogP contribution in [0.15, 0.2) is 41.7 Å². The van der Waals surface area contributed by atoms with Crippen molar-refractivity contribution in [2.24, 2.45) is 0 Å². The first-order valence-electron chi connectivity index (χ1n) is 8.40. The van der Waals surface area contributed by atoms with Crippen LogP contribution < -0.4 is 4.74 Å². The highest BCUT2D eigenvalue weighted by Crippen LogP contribution is 2.28. The van der Waals surface area contributed by atoms with Gasteiger partial charge in [-0.1, -0.05) is 12.1 Å². The summed E-state index contributed by atoms with van der Waals surface area (Å²) in [6.45, 7) is 2.08. The third kappa shape index (κ3) is 3.26. The van der Waals surface area contributed by atoms with Gasteiger partial charge < -0.3 is 4.74 Å². The number of aryl methyl sites for hydroxylation is 1. The third-order valence-corrected chi connectivity index (χ3v) is 5.49. The van der Waals surface area contributed by atoms with Gasteiger partial charge in [-0.05, 0) is 49.4 Å². The van der Waals surface area contributed by atoms with Crippen molar-refractivity contribution < 1.29 is 4.74 Å². The van der Waals surface area contributed by atoms with E-state index in [0.29, 0.717) is 0 Å². The highest BCUT2D eigenvalue weighted by molar-refractivity contribution is 7.98. The number of thioether (sulfide) groups is 1. The maximum atomic E-state index is 5.28. The smallest absolute Gasteiger partial charge is 0.158 e. The van der Waals surface area contributed by atoms with Crippen molar-refractivity contribution >= 4 is 11.8 Å². The number of aromatic nitrogens is 4. The average molecular weight is 352 g/mol. The van der Waals surface area contributed by atoms with Crippen molar-refractivity contribution in [1.82, 2.24) is 19.7 Å². The number of methoxy groups -OCH3 is 1. The first-order valence-corrected chi connectivity index (χ1v) is 9.38. The minimum atomic E-state index is 0.837. The molecule has 0 amide bonds. The molecule has 2 heterocycles. The lowest BCUT2D eigenvalue weighted by molar-refractivity contribution is 0.414. The lowest BCUT2D eigenvalue weighted by atomic mass is 10.2. The monoisotopic (exact) mass is 352 g/mol. The van der Waals surface area contributed by atoms with Crippen molar-refractivity contribution in [3.8, 4) is 11.6 Å². The van der Waals surface area contributed by atoms with E-state index >= 15 is 0 Å². The molecule has 0 aliphatic heterocycles. The Kier molecular flexibility index (Phi) is 4.44. The van der Waals surface area contributed by atoms with E-state index in [1.165, 1.54) is 23.2 Å². The molecule has 1 aromatic carbocycles. The molecule has 3 aromatic rings. The van der Waals surface area contributed by atoms with E-state index in [9.17, 15) is 0 Å². The number of fused-ring (bicyclic) bond motifs is 1. The predicted molar refractivity (Wildman–Crippen MR) is 98.5 cm³/mol. The summed E-state index contributed by atoms with van der Waals surface area (Å²) in [5.74, 6) is 2.57. The first kappa shape index (κ1) is 16.1. The fraction of sp³-hybridized carbons (Fsp3) is 0.316. The maximum absolute atomic E-state index is 5.28. The molecule has 0 radical (unpaired) electrons. The molecule has 0 atom stereocenters. The molecule has 4 rings (SSSR count). The van der Waals surface area contributed by atoms with Gasteiger partial charge in [0.15, 0.2) is 5.82 Å². The molecule has 0 saturated heterocycles. The van der Waals surface area contributed by atoms with Gasteiger partial charge in [0.25, 0.3) is 0 Å². The molecule has 0 saturated carbocycles. The van der Waals surface area contributed by atoms with E-state index in [-0.39, 0.29) is 0 Å². The highest BCUT2D eigenvalue weighted by atomic mass is 32.2. The van der Waals surface area contributed by atoms with E-state index < -0.39 is 0 Å². The molecular weight excluding hydrogens is 332 g/mol. The lowest BCUT2D eigenvalue weighted by Gasteiger charge is -2.07. The topological polar surface area (TPSA) is 52.8 Å². The zero-order valence-corrected chi connectivity index (χ0v) is 15.2. The van der Waals surface area contributed by atoms with Crippen LogP contribution in [-0.2, 0) is 18.6 Å². The van der Waals surface area contributed by atoms with Crippen LogP contribution in [0, 0.1) is 6.92 Å². The van der Waals surface area contributed by atoms with Crippen molar-refractivity contribution in [3.05, 3.63) is 59.2 Å². The average Bonchev–Trinajstić information content (AvgIpc) is 3.25. The number of ether oxygens (including phenoxy) is 1. The fourth-order valence-electron chi connectivity index (χ4n) is 3.26. The maximum Gasteiger partial charge on any atom is 0.158 e. The summed E-state index contributed by atoms with van der Waals surface area (Å²) in [5, 5.41) is 5.64. The van der Waals surface area contributed by atoms with Gasteiger partial charge in [0.1, 0.15) is 17.1 Å². The number of benzene rings is 1. The van der Waals surface area contributed by atoms with Gasteiger partial charge in [-0.3, -0.25) is 0 Å². The first-order chi connectivity index (χ1) is 12.2. The van der Waals surface area contributed by atoms with Crippen LogP contribution in [0.1, 0.15) is 28.9 Å². The number of nitrogens with zero attached hydrogens (tertiary/aromatic N) is 4. The number of rotatable bonds is 5. The Balaban J connectivity index is 1.55. The van der Waals surface area contributed by atoms with Crippen molar-refractivity contribution in [1.29, 1.82) is 0 Å². The van der Waals surface area contributed by atoms with E-state index in [1.807, 2.05) is 22.9 Å². The van der Waals surface area contributed by atoms with Crippen LogP contribution >= 0.6 is 11.8 Å². The minimum absolute atomic E-state index is 0.837. The predicted octanol–water partition coefficient (Wildman–Crippen LogP) is 3.76. The highest BCUT2D eigenvalue weighted by Gasteiger charge is 2.21. The standard InChI is InChI=1S/C19H20N4OS/c1-13-16-7-4-8-17(16)23(22-13)18-10-19(21-12-20-18)25-11-14-5-3-6-15(9-14)24-2/h3,5-6,9-10,12H,4,7-8,11H2,1-2H3. The fourth-order valence-corrected chi connectivity index (χ4v) is 4.06. The van der Waals surface area contributed by atoms with Gasteiger partial charge in [0.2, 0.25) is 0 Å². The second-order valence-corrected chi connectivity index (χ2v) is 7.13. The Labute approximate surface area is 151 Å². The van der Waals surface area contributed by atoms with Crippen LogP contribution in [-0.4, -0.2) is 26.9 Å². The molecule has 1 aliphatic carbocycles. The van der Waals surface area contributed by atoms with Crippen LogP contribution in [0.3, 0.4) is 0 Å². The van der Waals surface area contributed by atoms with Crippen molar-refractivity contribution in [2.45, 2.75) is 37.0 Å². The van der Waals surface area contributed by atoms with Gasteiger partial charge >= 0.3 is 0 Å². The Morgan fingerprint density at radius 2 is 2.12 bits per heavy atom. The van der Waals surface area contributed by atoms with Crippen LogP contribution in [0.2, 0.25) is 0 Å². The Hall–Kier alpha value is -2.34. The van der Waals surface area contributed by atoms with E-state index in [0.717, 1.165) is 40.9 Å². The summed E-state index contributed by atoms with van der Waals surface area (Å²) in [5.41, 5.74) is 5.03. The summed E-state index contributed by atoms with van der Waals surface area (Å²) in [6, 6.07) is 10.1. The molecule has 2 aromatic heterocycles. The van der Waals surface area contributed by atoms with Gasteiger partial charge in [-0.15, -0.1) is 11.8 Å². The Bertz CT molecular complexity index is 906. The second kappa shape index (κ2) is 6.88. The molecule has 0 fully saturated rings. The molecule has 6 heteroatoms. The molecule has 5 nitrogen and oxygen atoms in total. The largest absolute Gasteiger partial charge is 0.497 e. The third-order valence-electron chi connectivity index (χ3n) is 4.50. The van der Waals surface area contributed by atoms with E-state index in [1.54, 1.807) is 25.2 Å². The zero-order valence-electron chi connectivity index (χ0n) is 14.4. The SMILES string of the molecule is COc1cccc(CSc2cc(-n3nc(C)c4c3CCC4)ncn2)c1. The Morgan fingerprint density at radius 3 is 3.00 bits per heavy atom. The van der Waals surface area contributed by atoms with Gasteiger partial charge in [0, 0.05) is 17.5 Å². The van der Waals surface area contributed by atoms with Crippen molar-refractivity contribution in [3.63, 3.8) is 0 Å². The summed E-state index contributed by atoms with van der Waals surface area (Å²) < 4.78 is 7.28. The summed E-state index contributed by atoms with van der Waals surface area (Å²) in [7, 11) is 1.69. The molecule has 0 unspecified atom stereocenters. The number of hydrogen-bond acceptors (Lipinski definition) is 5. The van der Waals surface area contributed by atoms with Gasteiger partial charge in [0.05, 0.1) is 12.8 Å². The van der Waals surface area contributed by atoms with Crippen LogP contribution in [0.25, 0.3) is 5.82 Å². The van der Waals surface area contributed by atoms with Crippen molar-refractivity contribution in [2.75, 3.05) is 7.11 Å². The quantitative estimate of drug-likeness (QED) is 0.517. The molecule has 0 bridgehead atoms. The normalized spacial score (nSPS) is 13.0. The molecular formula is C19H20N4OS. The second-order valence-electron chi connectivity index (χ2n) is 6.13.